The lowest BCUT2D eigenvalue weighted by atomic mass is 10.1. The molecule has 104 valence electrons. The highest BCUT2D eigenvalue weighted by Gasteiger charge is 2.09. The molecule has 0 radical (unpaired) electrons. The van der Waals surface area contributed by atoms with Gasteiger partial charge in [-0.15, -0.1) is 0 Å². The zero-order chi connectivity index (χ0) is 14.4. The lowest BCUT2D eigenvalue weighted by Gasteiger charge is -2.11. The van der Waals surface area contributed by atoms with Crippen LogP contribution >= 0.6 is 0 Å². The number of nitrogens with one attached hydrogen (secondary N) is 2. The van der Waals surface area contributed by atoms with E-state index in [0.29, 0.717) is 5.69 Å². The van der Waals surface area contributed by atoms with E-state index in [1.807, 2.05) is 43.3 Å². The van der Waals surface area contributed by atoms with Gasteiger partial charge < -0.3 is 10.6 Å². The third-order valence-corrected chi connectivity index (χ3v) is 2.95. The minimum absolute atomic E-state index is 0.183. The third-order valence-electron chi connectivity index (χ3n) is 2.95. The van der Waals surface area contributed by atoms with Gasteiger partial charge >= 0.3 is 0 Å². The molecule has 2 aromatic rings. The molecule has 4 nitrogen and oxygen atoms in total. The highest BCUT2D eigenvalue weighted by atomic mass is 16.1. The Morgan fingerprint density at radius 1 is 1.15 bits per heavy atom. The molecule has 20 heavy (non-hydrogen) atoms. The molecule has 2 rings (SSSR count). The van der Waals surface area contributed by atoms with Gasteiger partial charge in [0.1, 0.15) is 5.69 Å². The summed E-state index contributed by atoms with van der Waals surface area (Å²) >= 11 is 0. The summed E-state index contributed by atoms with van der Waals surface area (Å²) in [6, 6.07) is 13.2. The SMILES string of the molecule is CCNCc1ccccc1NC(=O)c1cccc(C)n1. The number of para-hydroxylation sites is 1. The minimum atomic E-state index is -0.183. The molecule has 0 aliphatic carbocycles. The van der Waals surface area contributed by atoms with Crippen LogP contribution in [0.3, 0.4) is 0 Å². The van der Waals surface area contributed by atoms with Crippen molar-refractivity contribution in [3.8, 4) is 0 Å². The summed E-state index contributed by atoms with van der Waals surface area (Å²) in [5.74, 6) is -0.183. The predicted octanol–water partition coefficient (Wildman–Crippen LogP) is 2.75. The van der Waals surface area contributed by atoms with Crippen molar-refractivity contribution in [3.05, 3.63) is 59.4 Å². The Bertz CT molecular complexity index is 596. The minimum Gasteiger partial charge on any atom is -0.320 e. The van der Waals surface area contributed by atoms with Gasteiger partial charge in [-0.1, -0.05) is 31.2 Å². The third kappa shape index (κ3) is 3.65. The number of anilines is 1. The number of nitrogens with zero attached hydrogens (tertiary/aromatic N) is 1. The summed E-state index contributed by atoms with van der Waals surface area (Å²) in [5, 5.41) is 6.18. The summed E-state index contributed by atoms with van der Waals surface area (Å²) in [5.41, 5.74) is 3.15. The van der Waals surface area contributed by atoms with E-state index in [1.54, 1.807) is 6.07 Å². The maximum absolute atomic E-state index is 12.2. The molecule has 0 unspecified atom stereocenters. The second-order valence-corrected chi connectivity index (χ2v) is 4.56. The second-order valence-electron chi connectivity index (χ2n) is 4.56. The van der Waals surface area contributed by atoms with Crippen molar-refractivity contribution < 1.29 is 4.79 Å². The summed E-state index contributed by atoms with van der Waals surface area (Å²) < 4.78 is 0. The fourth-order valence-electron chi connectivity index (χ4n) is 1.91. The Morgan fingerprint density at radius 3 is 2.70 bits per heavy atom. The summed E-state index contributed by atoms with van der Waals surface area (Å²) in [7, 11) is 0. The first-order valence-corrected chi connectivity index (χ1v) is 6.74. The molecule has 1 aromatic carbocycles. The number of aryl methyl sites for hydroxylation is 1. The van der Waals surface area contributed by atoms with Crippen molar-refractivity contribution in [3.63, 3.8) is 0 Å². The number of pyridine rings is 1. The van der Waals surface area contributed by atoms with Gasteiger partial charge in [-0.25, -0.2) is 4.98 Å². The van der Waals surface area contributed by atoms with E-state index in [4.69, 9.17) is 0 Å². The Kier molecular flexibility index (Phi) is 4.85. The van der Waals surface area contributed by atoms with E-state index in [0.717, 1.165) is 30.0 Å². The summed E-state index contributed by atoms with van der Waals surface area (Å²) in [4.78, 5) is 16.4. The lowest BCUT2D eigenvalue weighted by molar-refractivity contribution is 0.102. The molecule has 1 heterocycles. The van der Waals surface area contributed by atoms with Gasteiger partial charge in [-0.2, -0.15) is 0 Å². The van der Waals surface area contributed by atoms with Gasteiger partial charge in [0.15, 0.2) is 0 Å². The van der Waals surface area contributed by atoms with Crippen molar-refractivity contribution in [2.75, 3.05) is 11.9 Å². The molecule has 0 aliphatic rings. The van der Waals surface area contributed by atoms with Crippen LogP contribution in [0.1, 0.15) is 28.7 Å². The van der Waals surface area contributed by atoms with Gasteiger partial charge in [-0.3, -0.25) is 4.79 Å². The van der Waals surface area contributed by atoms with Crippen LogP contribution in [0.15, 0.2) is 42.5 Å². The summed E-state index contributed by atoms with van der Waals surface area (Å²) in [6.45, 7) is 5.55. The molecule has 0 spiro atoms. The number of amides is 1. The quantitative estimate of drug-likeness (QED) is 0.877. The molecule has 4 heteroatoms. The van der Waals surface area contributed by atoms with Gasteiger partial charge in [-0.05, 0) is 37.2 Å². The molecule has 0 saturated carbocycles. The smallest absolute Gasteiger partial charge is 0.274 e. The van der Waals surface area contributed by atoms with Crippen molar-refractivity contribution in [1.82, 2.24) is 10.3 Å². The van der Waals surface area contributed by atoms with Crippen molar-refractivity contribution in [1.29, 1.82) is 0 Å². The number of aromatic nitrogens is 1. The second kappa shape index (κ2) is 6.82. The van der Waals surface area contributed by atoms with Crippen LogP contribution in [0.4, 0.5) is 5.69 Å². The molecule has 1 aromatic heterocycles. The number of carbonyl (C=O) groups is 1. The lowest BCUT2D eigenvalue weighted by Crippen LogP contribution is -2.18. The average molecular weight is 269 g/mol. The topological polar surface area (TPSA) is 54.0 Å². The zero-order valence-corrected chi connectivity index (χ0v) is 11.8. The van der Waals surface area contributed by atoms with E-state index in [2.05, 4.69) is 22.5 Å². The van der Waals surface area contributed by atoms with Crippen LogP contribution in [0, 0.1) is 6.92 Å². The fraction of sp³-hybridized carbons (Fsp3) is 0.250. The van der Waals surface area contributed by atoms with E-state index >= 15 is 0 Å². The normalized spacial score (nSPS) is 10.3. The average Bonchev–Trinajstić information content (AvgIpc) is 2.46. The number of rotatable bonds is 5. The van der Waals surface area contributed by atoms with Gasteiger partial charge in [0, 0.05) is 17.9 Å². The summed E-state index contributed by atoms with van der Waals surface area (Å²) in [6.07, 6.45) is 0. The van der Waals surface area contributed by atoms with Gasteiger partial charge in [0.05, 0.1) is 0 Å². The first-order chi connectivity index (χ1) is 9.70. The largest absolute Gasteiger partial charge is 0.320 e. The Hall–Kier alpha value is -2.20. The number of hydrogen-bond acceptors (Lipinski definition) is 3. The fourth-order valence-corrected chi connectivity index (χ4v) is 1.91. The monoisotopic (exact) mass is 269 g/mol. The van der Waals surface area contributed by atoms with Crippen molar-refractivity contribution in [2.24, 2.45) is 0 Å². The maximum Gasteiger partial charge on any atom is 0.274 e. The molecular formula is C16H19N3O. The van der Waals surface area contributed by atoms with Gasteiger partial charge in [0.25, 0.3) is 5.91 Å². The first-order valence-electron chi connectivity index (χ1n) is 6.74. The highest BCUT2D eigenvalue weighted by molar-refractivity contribution is 6.03. The zero-order valence-electron chi connectivity index (χ0n) is 11.8. The first kappa shape index (κ1) is 14.2. The number of carbonyl (C=O) groups excluding carboxylic acids is 1. The molecule has 0 aliphatic heterocycles. The van der Waals surface area contributed by atoms with Crippen LogP contribution in [0.25, 0.3) is 0 Å². The Morgan fingerprint density at radius 2 is 1.95 bits per heavy atom. The molecular weight excluding hydrogens is 250 g/mol. The van der Waals surface area contributed by atoms with Gasteiger partial charge in [0.2, 0.25) is 0 Å². The van der Waals surface area contributed by atoms with E-state index in [1.165, 1.54) is 0 Å². The predicted molar refractivity (Wildman–Crippen MR) is 80.7 cm³/mol. The maximum atomic E-state index is 12.2. The van der Waals surface area contributed by atoms with E-state index < -0.39 is 0 Å². The standard InChI is InChI=1S/C16H19N3O/c1-3-17-11-13-8-4-5-9-14(13)19-16(20)15-10-6-7-12(2)18-15/h4-10,17H,3,11H2,1-2H3,(H,19,20). The van der Waals surface area contributed by atoms with Crippen LogP contribution in [-0.4, -0.2) is 17.4 Å². The van der Waals surface area contributed by atoms with Crippen molar-refractivity contribution >= 4 is 11.6 Å². The highest BCUT2D eigenvalue weighted by Crippen LogP contribution is 2.15. The molecule has 0 atom stereocenters. The van der Waals surface area contributed by atoms with E-state index in [9.17, 15) is 4.79 Å². The molecule has 0 fully saturated rings. The van der Waals surface area contributed by atoms with Crippen LogP contribution in [0.5, 0.6) is 0 Å². The Labute approximate surface area is 119 Å². The molecule has 0 saturated heterocycles. The van der Waals surface area contributed by atoms with E-state index in [-0.39, 0.29) is 5.91 Å². The molecule has 2 N–H and O–H groups in total. The Balaban J connectivity index is 2.15. The number of hydrogen-bond donors (Lipinski definition) is 2. The van der Waals surface area contributed by atoms with Crippen LogP contribution in [-0.2, 0) is 6.54 Å². The van der Waals surface area contributed by atoms with Crippen LogP contribution in [0.2, 0.25) is 0 Å². The van der Waals surface area contributed by atoms with Crippen molar-refractivity contribution in [2.45, 2.75) is 20.4 Å². The molecule has 1 amide bonds. The number of benzene rings is 1. The van der Waals surface area contributed by atoms with Crippen LogP contribution < -0.4 is 10.6 Å². The molecule has 0 bridgehead atoms.